The Kier molecular flexibility index (Phi) is 4.34. The molecule has 0 spiro atoms. The normalized spacial score (nSPS) is 18.7. The van der Waals surface area contributed by atoms with Gasteiger partial charge in [-0.05, 0) is 32.1 Å². The summed E-state index contributed by atoms with van der Waals surface area (Å²) in [7, 11) is 0. The van der Waals surface area contributed by atoms with E-state index < -0.39 is 0 Å². The fourth-order valence-corrected chi connectivity index (χ4v) is 3.24. The fraction of sp³-hybridized carbons (Fsp3) is 0.733. The molecule has 106 valence electrons. The van der Waals surface area contributed by atoms with Gasteiger partial charge in [-0.1, -0.05) is 38.3 Å². The number of halogens is 1. The highest BCUT2D eigenvalue weighted by molar-refractivity contribution is 6.30. The van der Waals surface area contributed by atoms with Gasteiger partial charge in [-0.15, -0.1) is 0 Å². The number of rotatable bonds is 3. The highest BCUT2D eigenvalue weighted by atomic mass is 35.5. The van der Waals surface area contributed by atoms with Crippen LogP contribution in [0.3, 0.4) is 0 Å². The lowest BCUT2D eigenvalue weighted by Gasteiger charge is -2.41. The van der Waals surface area contributed by atoms with Gasteiger partial charge in [-0.3, -0.25) is 0 Å². The van der Waals surface area contributed by atoms with Gasteiger partial charge in [0.2, 0.25) is 0 Å². The molecule has 1 aromatic heterocycles. The second-order valence-corrected chi connectivity index (χ2v) is 6.06. The zero-order valence-corrected chi connectivity index (χ0v) is 13.2. The lowest BCUT2D eigenvalue weighted by molar-refractivity contribution is 0.199. The van der Waals surface area contributed by atoms with Gasteiger partial charge >= 0.3 is 0 Å². The molecule has 0 N–H and O–H groups in total. The Morgan fingerprint density at radius 3 is 2.21 bits per heavy atom. The number of aryl methyl sites for hydroxylation is 1. The van der Waals surface area contributed by atoms with Crippen LogP contribution in [0.2, 0.25) is 5.15 Å². The van der Waals surface area contributed by atoms with E-state index >= 15 is 0 Å². The van der Waals surface area contributed by atoms with E-state index in [0.29, 0.717) is 10.6 Å². The number of piperidine rings is 1. The number of hydrogen-bond donors (Lipinski definition) is 0. The summed E-state index contributed by atoms with van der Waals surface area (Å²) in [5, 5.41) is 0.588. The van der Waals surface area contributed by atoms with Gasteiger partial charge in [0.15, 0.2) is 0 Å². The van der Waals surface area contributed by atoms with Crippen molar-refractivity contribution >= 4 is 17.4 Å². The summed E-state index contributed by atoms with van der Waals surface area (Å²) in [4.78, 5) is 11.2. The lowest BCUT2D eigenvalue weighted by Crippen LogP contribution is -2.40. The molecule has 0 saturated carbocycles. The van der Waals surface area contributed by atoms with Crippen molar-refractivity contribution in [3.63, 3.8) is 0 Å². The van der Waals surface area contributed by atoms with Gasteiger partial charge in [0.05, 0.1) is 0 Å². The molecule has 4 heteroatoms. The van der Waals surface area contributed by atoms with Gasteiger partial charge in [0.1, 0.15) is 16.8 Å². The molecule has 3 nitrogen and oxygen atoms in total. The summed E-state index contributed by atoms with van der Waals surface area (Å²) < 4.78 is 0. The Balaban J connectivity index is 2.18. The SMILES string of the molecule is CCC1(CC)CCN(c2nc(C)nc(Cl)c2C)CC1. The maximum absolute atomic E-state index is 6.17. The van der Waals surface area contributed by atoms with Crippen LogP contribution in [0.15, 0.2) is 0 Å². The van der Waals surface area contributed by atoms with Crippen molar-refractivity contribution in [2.45, 2.75) is 53.4 Å². The van der Waals surface area contributed by atoms with Crippen LogP contribution in [-0.4, -0.2) is 23.1 Å². The van der Waals surface area contributed by atoms with Crippen LogP contribution in [0.4, 0.5) is 5.82 Å². The van der Waals surface area contributed by atoms with Crippen LogP contribution < -0.4 is 4.90 Å². The molecule has 0 bridgehead atoms. The topological polar surface area (TPSA) is 29.0 Å². The van der Waals surface area contributed by atoms with Gasteiger partial charge in [-0.25, -0.2) is 9.97 Å². The summed E-state index contributed by atoms with van der Waals surface area (Å²) in [6, 6.07) is 0. The molecule has 0 atom stereocenters. The average Bonchev–Trinajstić information content (AvgIpc) is 2.43. The summed E-state index contributed by atoms with van der Waals surface area (Å²) in [5.41, 5.74) is 1.55. The van der Waals surface area contributed by atoms with Crippen molar-refractivity contribution in [3.8, 4) is 0 Å². The largest absolute Gasteiger partial charge is 0.356 e. The Bertz CT molecular complexity index is 445. The van der Waals surface area contributed by atoms with Crippen molar-refractivity contribution in [1.82, 2.24) is 9.97 Å². The van der Waals surface area contributed by atoms with E-state index in [1.54, 1.807) is 0 Å². The van der Waals surface area contributed by atoms with Crippen molar-refractivity contribution in [1.29, 1.82) is 0 Å². The summed E-state index contributed by atoms with van der Waals surface area (Å²) >= 11 is 6.17. The smallest absolute Gasteiger partial charge is 0.137 e. The third kappa shape index (κ3) is 2.86. The maximum Gasteiger partial charge on any atom is 0.137 e. The minimum Gasteiger partial charge on any atom is -0.356 e. The second-order valence-electron chi connectivity index (χ2n) is 5.70. The highest BCUT2D eigenvalue weighted by Gasteiger charge is 2.32. The van der Waals surface area contributed by atoms with E-state index in [2.05, 4.69) is 28.7 Å². The molecular weight excluding hydrogens is 258 g/mol. The molecule has 19 heavy (non-hydrogen) atoms. The van der Waals surface area contributed by atoms with Crippen LogP contribution in [0.1, 0.15) is 50.9 Å². The fourth-order valence-electron chi connectivity index (χ4n) is 3.04. The molecule has 2 heterocycles. The van der Waals surface area contributed by atoms with Crippen LogP contribution >= 0.6 is 11.6 Å². The maximum atomic E-state index is 6.17. The van der Waals surface area contributed by atoms with Crippen molar-refractivity contribution in [3.05, 3.63) is 16.5 Å². The zero-order chi connectivity index (χ0) is 14.0. The summed E-state index contributed by atoms with van der Waals surface area (Å²) in [5.74, 6) is 1.78. The quantitative estimate of drug-likeness (QED) is 0.779. The molecule has 1 fully saturated rings. The van der Waals surface area contributed by atoms with E-state index in [0.717, 1.165) is 30.3 Å². The minimum absolute atomic E-state index is 0.538. The van der Waals surface area contributed by atoms with Gasteiger partial charge in [0, 0.05) is 18.7 Å². The van der Waals surface area contributed by atoms with Crippen LogP contribution in [0.5, 0.6) is 0 Å². The molecule has 1 saturated heterocycles. The molecule has 1 aliphatic heterocycles. The van der Waals surface area contributed by atoms with Crippen molar-refractivity contribution in [2.24, 2.45) is 5.41 Å². The lowest BCUT2D eigenvalue weighted by atomic mass is 9.74. The Hall–Kier alpha value is -0.830. The molecule has 0 amide bonds. The molecule has 1 aliphatic rings. The number of hydrogen-bond acceptors (Lipinski definition) is 3. The molecule has 0 radical (unpaired) electrons. The van der Waals surface area contributed by atoms with Gasteiger partial charge < -0.3 is 4.90 Å². The summed E-state index contributed by atoms with van der Waals surface area (Å²) in [6.07, 6.45) is 5.06. The first-order chi connectivity index (χ1) is 9.01. The molecule has 0 aromatic carbocycles. The molecule has 0 unspecified atom stereocenters. The van der Waals surface area contributed by atoms with Crippen molar-refractivity contribution < 1.29 is 0 Å². The Morgan fingerprint density at radius 1 is 1.11 bits per heavy atom. The first-order valence-corrected chi connectivity index (χ1v) is 7.65. The predicted octanol–water partition coefficient (Wildman–Crippen LogP) is 4.15. The first-order valence-electron chi connectivity index (χ1n) is 7.27. The van der Waals surface area contributed by atoms with E-state index in [4.69, 9.17) is 11.6 Å². The van der Waals surface area contributed by atoms with E-state index in [9.17, 15) is 0 Å². The van der Waals surface area contributed by atoms with E-state index in [1.807, 2.05) is 13.8 Å². The molecule has 2 rings (SSSR count). The molecule has 0 aliphatic carbocycles. The van der Waals surface area contributed by atoms with E-state index in [-0.39, 0.29) is 0 Å². The second kappa shape index (κ2) is 5.66. The number of nitrogens with zero attached hydrogens (tertiary/aromatic N) is 3. The molecular formula is C15H24ClN3. The number of anilines is 1. The Morgan fingerprint density at radius 2 is 1.68 bits per heavy atom. The minimum atomic E-state index is 0.538. The summed E-state index contributed by atoms with van der Waals surface area (Å²) in [6.45, 7) is 10.7. The zero-order valence-electron chi connectivity index (χ0n) is 12.5. The predicted molar refractivity (Wildman–Crippen MR) is 81.0 cm³/mol. The highest BCUT2D eigenvalue weighted by Crippen LogP contribution is 2.39. The van der Waals surface area contributed by atoms with Crippen LogP contribution in [0.25, 0.3) is 0 Å². The van der Waals surface area contributed by atoms with Gasteiger partial charge in [0.25, 0.3) is 0 Å². The van der Waals surface area contributed by atoms with Crippen LogP contribution in [-0.2, 0) is 0 Å². The molecule has 1 aromatic rings. The average molecular weight is 282 g/mol. The first kappa shape index (κ1) is 14.6. The number of aromatic nitrogens is 2. The van der Waals surface area contributed by atoms with Crippen LogP contribution in [0, 0.1) is 19.3 Å². The third-order valence-corrected chi connectivity index (χ3v) is 5.16. The third-order valence-electron chi connectivity index (χ3n) is 4.80. The van der Waals surface area contributed by atoms with Gasteiger partial charge in [-0.2, -0.15) is 0 Å². The van der Waals surface area contributed by atoms with Crippen molar-refractivity contribution in [2.75, 3.05) is 18.0 Å². The monoisotopic (exact) mass is 281 g/mol. The standard InChI is InChI=1S/C15H24ClN3/c1-5-15(6-2)7-9-19(10-8-15)14-11(3)13(16)17-12(4)18-14/h5-10H2,1-4H3. The Labute approximate surface area is 121 Å². The van der Waals surface area contributed by atoms with E-state index in [1.165, 1.54) is 25.7 Å².